The first kappa shape index (κ1) is 18.2. The van der Waals surface area contributed by atoms with Crippen molar-refractivity contribution in [2.45, 2.75) is 13.8 Å². The molecule has 0 aliphatic carbocycles. The Hall–Kier alpha value is -3.59. The number of anilines is 1. The van der Waals surface area contributed by atoms with Gasteiger partial charge in [-0.1, -0.05) is 23.8 Å². The summed E-state index contributed by atoms with van der Waals surface area (Å²) in [5.74, 6) is -0.466. The normalized spacial score (nSPS) is 11.4. The third-order valence-corrected chi connectivity index (χ3v) is 4.60. The quantitative estimate of drug-likeness (QED) is 0.576. The van der Waals surface area contributed by atoms with Crippen molar-refractivity contribution in [3.8, 4) is 6.07 Å². The predicted molar refractivity (Wildman–Crippen MR) is 106 cm³/mol. The van der Waals surface area contributed by atoms with E-state index in [9.17, 15) is 14.9 Å². The fourth-order valence-electron chi connectivity index (χ4n) is 3.07. The number of benzene rings is 2. The summed E-state index contributed by atoms with van der Waals surface area (Å²) in [5, 5.41) is 12.2. The van der Waals surface area contributed by atoms with Gasteiger partial charge in [0, 0.05) is 19.8 Å². The number of aryl methyl sites for hydroxylation is 4. The summed E-state index contributed by atoms with van der Waals surface area (Å²) in [4.78, 5) is 24.6. The topological polar surface area (TPSA) is 79.8 Å². The molecule has 0 fully saturated rings. The molecule has 0 radical (unpaired) electrons. The van der Waals surface area contributed by atoms with Crippen LogP contribution in [0.15, 0.2) is 46.8 Å². The van der Waals surface area contributed by atoms with Gasteiger partial charge < -0.3 is 5.32 Å². The van der Waals surface area contributed by atoms with E-state index in [0.717, 1.165) is 22.2 Å². The van der Waals surface area contributed by atoms with E-state index in [1.54, 1.807) is 36.9 Å². The zero-order valence-electron chi connectivity index (χ0n) is 15.7. The molecule has 3 aromatic rings. The lowest BCUT2D eigenvalue weighted by Gasteiger charge is -2.08. The van der Waals surface area contributed by atoms with E-state index in [2.05, 4.69) is 5.32 Å². The van der Waals surface area contributed by atoms with Gasteiger partial charge >= 0.3 is 5.69 Å². The highest BCUT2D eigenvalue weighted by Crippen LogP contribution is 2.19. The predicted octanol–water partition coefficient (Wildman–Crippen LogP) is 3.04. The fourth-order valence-corrected chi connectivity index (χ4v) is 3.07. The summed E-state index contributed by atoms with van der Waals surface area (Å²) < 4.78 is 3.09. The molecule has 0 bridgehead atoms. The summed E-state index contributed by atoms with van der Waals surface area (Å²) >= 11 is 0. The van der Waals surface area contributed by atoms with E-state index in [4.69, 9.17) is 0 Å². The summed E-state index contributed by atoms with van der Waals surface area (Å²) in [6.45, 7) is 3.88. The second-order valence-corrected chi connectivity index (χ2v) is 6.59. The zero-order chi connectivity index (χ0) is 19.7. The number of imidazole rings is 1. The van der Waals surface area contributed by atoms with Crippen molar-refractivity contribution in [2.75, 3.05) is 5.32 Å². The molecule has 0 saturated heterocycles. The van der Waals surface area contributed by atoms with Gasteiger partial charge in [-0.25, -0.2) is 4.79 Å². The lowest BCUT2D eigenvalue weighted by Crippen LogP contribution is -2.19. The fraction of sp³-hybridized carbons (Fsp3) is 0.190. The van der Waals surface area contributed by atoms with Gasteiger partial charge in [-0.15, -0.1) is 0 Å². The maximum Gasteiger partial charge on any atom is 0.328 e. The Labute approximate surface area is 157 Å². The highest BCUT2D eigenvalue weighted by Gasteiger charge is 2.12. The van der Waals surface area contributed by atoms with Crippen molar-refractivity contribution in [2.24, 2.45) is 14.1 Å². The van der Waals surface area contributed by atoms with Crippen LogP contribution in [-0.4, -0.2) is 15.0 Å². The molecule has 1 aromatic heterocycles. The summed E-state index contributed by atoms with van der Waals surface area (Å²) in [7, 11) is 3.40. The minimum atomic E-state index is -0.466. The Balaban J connectivity index is 1.95. The van der Waals surface area contributed by atoms with Gasteiger partial charge in [0.05, 0.1) is 11.0 Å². The maximum atomic E-state index is 12.5. The van der Waals surface area contributed by atoms with Crippen molar-refractivity contribution in [3.05, 3.63) is 69.1 Å². The molecule has 2 aromatic carbocycles. The second kappa shape index (κ2) is 6.96. The number of amides is 1. The minimum absolute atomic E-state index is 0.00439. The van der Waals surface area contributed by atoms with Crippen LogP contribution in [0.25, 0.3) is 17.1 Å². The molecule has 3 rings (SSSR count). The molecule has 1 N–H and O–H groups in total. The number of fused-ring (bicyclic) bond motifs is 1. The standard InChI is InChI=1S/C21H20N4O2/c1-13-5-7-17(14(2)9-13)23-20(26)16(12-22)10-15-6-8-18-19(11-15)25(4)21(27)24(18)3/h5-11H,1-4H3,(H,23,26)/b16-10+. The summed E-state index contributed by atoms with van der Waals surface area (Å²) in [6, 6.07) is 13.0. The Morgan fingerprint density at radius 2 is 1.78 bits per heavy atom. The molecular weight excluding hydrogens is 340 g/mol. The molecule has 27 heavy (non-hydrogen) atoms. The van der Waals surface area contributed by atoms with Crippen LogP contribution < -0.4 is 11.0 Å². The van der Waals surface area contributed by atoms with Crippen LogP contribution in [0.3, 0.4) is 0 Å². The van der Waals surface area contributed by atoms with Crippen LogP contribution in [0.1, 0.15) is 16.7 Å². The lowest BCUT2D eigenvalue weighted by molar-refractivity contribution is -0.112. The van der Waals surface area contributed by atoms with Gasteiger partial charge in [0.15, 0.2) is 0 Å². The number of carbonyl (C=O) groups excluding carboxylic acids is 1. The molecule has 0 aliphatic rings. The second-order valence-electron chi connectivity index (χ2n) is 6.59. The van der Waals surface area contributed by atoms with Crippen molar-refractivity contribution in [3.63, 3.8) is 0 Å². The lowest BCUT2D eigenvalue weighted by atomic mass is 10.1. The SMILES string of the molecule is Cc1ccc(NC(=O)/C(C#N)=C/c2ccc3c(c2)n(C)c(=O)n3C)c(C)c1. The molecule has 136 valence electrons. The highest BCUT2D eigenvalue weighted by atomic mass is 16.2. The van der Waals surface area contributed by atoms with Gasteiger partial charge in [-0.3, -0.25) is 13.9 Å². The number of carbonyl (C=O) groups is 1. The van der Waals surface area contributed by atoms with E-state index in [1.165, 1.54) is 10.6 Å². The Kier molecular flexibility index (Phi) is 4.70. The first-order valence-electron chi connectivity index (χ1n) is 8.47. The van der Waals surface area contributed by atoms with Gasteiger partial charge in [0.2, 0.25) is 0 Å². The molecule has 0 spiro atoms. The minimum Gasteiger partial charge on any atom is -0.321 e. The summed E-state index contributed by atoms with van der Waals surface area (Å²) in [6.07, 6.45) is 1.52. The number of rotatable bonds is 3. The zero-order valence-corrected chi connectivity index (χ0v) is 15.7. The van der Waals surface area contributed by atoms with E-state index in [-0.39, 0.29) is 11.3 Å². The number of nitriles is 1. The van der Waals surface area contributed by atoms with Crippen LogP contribution in [0.2, 0.25) is 0 Å². The van der Waals surface area contributed by atoms with E-state index in [0.29, 0.717) is 11.3 Å². The smallest absolute Gasteiger partial charge is 0.321 e. The third kappa shape index (κ3) is 3.40. The third-order valence-electron chi connectivity index (χ3n) is 4.60. The van der Waals surface area contributed by atoms with Crippen LogP contribution in [0, 0.1) is 25.2 Å². The molecule has 0 atom stereocenters. The van der Waals surface area contributed by atoms with E-state index >= 15 is 0 Å². The average molecular weight is 360 g/mol. The molecule has 0 saturated carbocycles. The average Bonchev–Trinajstić information content (AvgIpc) is 2.86. The number of nitrogens with zero attached hydrogens (tertiary/aromatic N) is 3. The molecule has 1 amide bonds. The van der Waals surface area contributed by atoms with Gasteiger partial charge in [0.1, 0.15) is 11.6 Å². The first-order chi connectivity index (χ1) is 12.8. The largest absolute Gasteiger partial charge is 0.328 e. The monoisotopic (exact) mass is 360 g/mol. The number of aromatic nitrogens is 2. The number of hydrogen-bond donors (Lipinski definition) is 1. The van der Waals surface area contributed by atoms with Crippen LogP contribution in [-0.2, 0) is 18.9 Å². The Morgan fingerprint density at radius 3 is 2.44 bits per heavy atom. The van der Waals surface area contributed by atoms with Crippen LogP contribution in [0.5, 0.6) is 0 Å². The van der Waals surface area contributed by atoms with Crippen molar-refractivity contribution < 1.29 is 4.79 Å². The van der Waals surface area contributed by atoms with Crippen molar-refractivity contribution in [1.82, 2.24) is 9.13 Å². The van der Waals surface area contributed by atoms with E-state index in [1.807, 2.05) is 38.1 Å². The number of nitrogens with one attached hydrogen (secondary N) is 1. The van der Waals surface area contributed by atoms with Crippen molar-refractivity contribution in [1.29, 1.82) is 5.26 Å². The number of hydrogen-bond acceptors (Lipinski definition) is 3. The molecule has 6 heteroatoms. The van der Waals surface area contributed by atoms with Gasteiger partial charge in [0.25, 0.3) is 5.91 Å². The Morgan fingerprint density at radius 1 is 1.07 bits per heavy atom. The van der Waals surface area contributed by atoms with Crippen LogP contribution >= 0.6 is 0 Å². The Bertz CT molecular complexity index is 1190. The summed E-state index contributed by atoms with van der Waals surface area (Å²) in [5.41, 5.74) is 4.78. The van der Waals surface area contributed by atoms with Gasteiger partial charge in [-0.2, -0.15) is 5.26 Å². The van der Waals surface area contributed by atoms with Gasteiger partial charge in [-0.05, 0) is 49.2 Å². The van der Waals surface area contributed by atoms with E-state index < -0.39 is 5.91 Å². The molecular formula is C21H20N4O2. The highest BCUT2D eigenvalue weighted by molar-refractivity contribution is 6.10. The molecule has 6 nitrogen and oxygen atoms in total. The molecule has 1 heterocycles. The maximum absolute atomic E-state index is 12.5. The van der Waals surface area contributed by atoms with Crippen molar-refractivity contribution >= 4 is 28.7 Å². The van der Waals surface area contributed by atoms with Crippen LogP contribution in [0.4, 0.5) is 5.69 Å². The molecule has 0 unspecified atom stereocenters. The first-order valence-corrected chi connectivity index (χ1v) is 8.47. The molecule has 0 aliphatic heterocycles.